The number of carbonyl (C=O) groups excluding carboxylic acids is 1. The third-order valence-electron chi connectivity index (χ3n) is 6.29. The number of rotatable bonds is 3. The summed E-state index contributed by atoms with van der Waals surface area (Å²) in [7, 11) is 0. The highest BCUT2D eigenvalue weighted by molar-refractivity contribution is 5.85. The van der Waals surface area contributed by atoms with Crippen LogP contribution in [-0.2, 0) is 4.79 Å². The second-order valence-corrected chi connectivity index (χ2v) is 7.81. The lowest BCUT2D eigenvalue weighted by molar-refractivity contribution is -0.128. The van der Waals surface area contributed by atoms with Crippen LogP contribution in [0.15, 0.2) is 0 Å². The lowest BCUT2D eigenvalue weighted by Crippen LogP contribution is -2.49. The second-order valence-electron chi connectivity index (χ2n) is 7.81. The zero-order chi connectivity index (χ0) is 14.3. The van der Waals surface area contributed by atoms with Crippen LogP contribution in [-0.4, -0.2) is 18.0 Å². The highest BCUT2D eigenvalue weighted by Crippen LogP contribution is 2.47. The van der Waals surface area contributed by atoms with Crippen LogP contribution in [0.1, 0.15) is 58.8 Å². The van der Waals surface area contributed by atoms with Crippen molar-refractivity contribution in [2.45, 2.75) is 70.9 Å². The predicted octanol–water partition coefficient (Wildman–Crippen LogP) is 3.11. The molecule has 3 fully saturated rings. The van der Waals surface area contributed by atoms with E-state index in [1.54, 1.807) is 0 Å². The third-order valence-corrected chi connectivity index (χ3v) is 6.29. The van der Waals surface area contributed by atoms with Crippen LogP contribution in [0.2, 0.25) is 0 Å². The van der Waals surface area contributed by atoms with E-state index in [0.29, 0.717) is 17.9 Å². The smallest absolute Gasteiger partial charge is 0.225 e. The number of nitrogens with one attached hydrogen (secondary N) is 1. The van der Waals surface area contributed by atoms with E-state index in [4.69, 9.17) is 5.73 Å². The summed E-state index contributed by atoms with van der Waals surface area (Å²) in [6.45, 7) is 4.61. The summed E-state index contributed by atoms with van der Waals surface area (Å²) in [6, 6.07) is 0.521. The molecule has 0 radical (unpaired) electrons. The van der Waals surface area contributed by atoms with Crippen LogP contribution in [0, 0.1) is 29.6 Å². The molecule has 0 heterocycles. The molecule has 3 nitrogen and oxygen atoms in total. The maximum absolute atomic E-state index is 12.6. The summed E-state index contributed by atoms with van der Waals surface area (Å²) in [4.78, 5) is 12.6. The van der Waals surface area contributed by atoms with Gasteiger partial charge in [-0.15, -0.1) is 12.4 Å². The lowest BCUT2D eigenvalue weighted by Gasteiger charge is -2.34. The number of amides is 1. The minimum atomic E-state index is 0. The molecule has 6 unspecified atom stereocenters. The standard InChI is InChI=1S/C17H30N2O.ClH/c1-10(2)11-4-3-5-14(9-11)19-17(20)15-12-6-7-13(8-12)16(15)18;/h10-16H,3-9,18H2,1-2H3,(H,19,20);1H. The fourth-order valence-corrected chi connectivity index (χ4v) is 4.99. The molecule has 0 spiro atoms. The van der Waals surface area contributed by atoms with Gasteiger partial charge < -0.3 is 11.1 Å². The fourth-order valence-electron chi connectivity index (χ4n) is 4.99. The van der Waals surface area contributed by atoms with Gasteiger partial charge in [0.15, 0.2) is 0 Å². The first kappa shape index (κ1) is 17.1. The van der Waals surface area contributed by atoms with Crippen molar-refractivity contribution in [2.24, 2.45) is 35.3 Å². The second kappa shape index (κ2) is 6.87. The summed E-state index contributed by atoms with van der Waals surface area (Å²) in [5.41, 5.74) is 6.28. The van der Waals surface area contributed by atoms with Gasteiger partial charge in [-0.1, -0.05) is 26.7 Å². The van der Waals surface area contributed by atoms with Crippen LogP contribution in [0.3, 0.4) is 0 Å². The number of nitrogens with two attached hydrogens (primary N) is 1. The monoisotopic (exact) mass is 314 g/mol. The van der Waals surface area contributed by atoms with Gasteiger partial charge in [-0.25, -0.2) is 0 Å². The molecule has 122 valence electrons. The fraction of sp³-hybridized carbons (Fsp3) is 0.941. The average molecular weight is 315 g/mol. The Hall–Kier alpha value is -0.280. The molecular weight excluding hydrogens is 284 g/mol. The molecule has 3 aliphatic carbocycles. The number of hydrogen-bond acceptors (Lipinski definition) is 2. The van der Waals surface area contributed by atoms with Crippen molar-refractivity contribution in [1.29, 1.82) is 0 Å². The Kier molecular flexibility index (Phi) is 5.59. The molecule has 3 rings (SSSR count). The topological polar surface area (TPSA) is 55.1 Å². The molecule has 0 aromatic rings. The van der Waals surface area contributed by atoms with Crippen molar-refractivity contribution in [2.75, 3.05) is 0 Å². The molecule has 0 saturated heterocycles. The van der Waals surface area contributed by atoms with Gasteiger partial charge >= 0.3 is 0 Å². The Morgan fingerprint density at radius 2 is 1.81 bits per heavy atom. The summed E-state index contributed by atoms with van der Waals surface area (Å²) < 4.78 is 0. The quantitative estimate of drug-likeness (QED) is 0.841. The Balaban J connectivity index is 0.00000161. The van der Waals surface area contributed by atoms with E-state index in [2.05, 4.69) is 19.2 Å². The Labute approximate surface area is 135 Å². The minimum absolute atomic E-state index is 0. The van der Waals surface area contributed by atoms with Gasteiger partial charge in [-0.3, -0.25) is 4.79 Å². The van der Waals surface area contributed by atoms with Crippen molar-refractivity contribution in [3.8, 4) is 0 Å². The molecule has 0 aromatic heterocycles. The molecule has 2 bridgehead atoms. The molecule has 0 aliphatic heterocycles. The summed E-state index contributed by atoms with van der Waals surface area (Å²) in [5, 5.41) is 3.34. The zero-order valence-electron chi connectivity index (χ0n) is 13.4. The van der Waals surface area contributed by atoms with Gasteiger partial charge in [-0.2, -0.15) is 0 Å². The highest BCUT2D eigenvalue weighted by Gasteiger charge is 2.49. The first-order chi connectivity index (χ1) is 9.56. The van der Waals surface area contributed by atoms with Crippen LogP contribution >= 0.6 is 12.4 Å². The molecular formula is C17H31ClN2O. The van der Waals surface area contributed by atoms with E-state index in [0.717, 1.165) is 18.3 Å². The third kappa shape index (κ3) is 3.39. The molecule has 0 aromatic carbocycles. The number of carbonyl (C=O) groups is 1. The summed E-state index contributed by atoms with van der Waals surface area (Å²) in [6.07, 6.45) is 8.57. The molecule has 6 atom stereocenters. The van der Waals surface area contributed by atoms with Gasteiger partial charge in [0, 0.05) is 12.1 Å². The van der Waals surface area contributed by atoms with E-state index >= 15 is 0 Å². The Morgan fingerprint density at radius 1 is 1.10 bits per heavy atom. The van der Waals surface area contributed by atoms with Crippen LogP contribution < -0.4 is 11.1 Å². The normalized spacial score (nSPS) is 41.9. The Bertz CT molecular complexity index is 372. The van der Waals surface area contributed by atoms with Crippen LogP contribution in [0.4, 0.5) is 0 Å². The molecule has 1 amide bonds. The lowest BCUT2D eigenvalue weighted by atomic mass is 9.78. The van der Waals surface area contributed by atoms with Crippen molar-refractivity contribution < 1.29 is 4.79 Å². The number of fused-ring (bicyclic) bond motifs is 2. The zero-order valence-corrected chi connectivity index (χ0v) is 14.2. The van der Waals surface area contributed by atoms with E-state index < -0.39 is 0 Å². The summed E-state index contributed by atoms with van der Waals surface area (Å²) >= 11 is 0. The molecule has 4 heteroatoms. The number of halogens is 1. The first-order valence-corrected chi connectivity index (χ1v) is 8.62. The van der Waals surface area contributed by atoms with Gasteiger partial charge in [-0.05, 0) is 55.8 Å². The Morgan fingerprint density at radius 3 is 2.43 bits per heavy atom. The van der Waals surface area contributed by atoms with Gasteiger partial charge in [0.05, 0.1) is 5.92 Å². The van der Waals surface area contributed by atoms with Crippen LogP contribution in [0.5, 0.6) is 0 Å². The maximum atomic E-state index is 12.6. The van der Waals surface area contributed by atoms with Crippen molar-refractivity contribution in [1.82, 2.24) is 5.32 Å². The van der Waals surface area contributed by atoms with E-state index in [1.807, 2.05) is 0 Å². The number of hydrogen-bond donors (Lipinski definition) is 2. The van der Waals surface area contributed by atoms with E-state index in [1.165, 1.54) is 38.5 Å². The SMILES string of the molecule is CC(C)C1CCCC(NC(=O)C2C3CCC(C3)C2N)C1.Cl. The minimum Gasteiger partial charge on any atom is -0.353 e. The molecule has 3 N–H and O–H groups in total. The highest BCUT2D eigenvalue weighted by atomic mass is 35.5. The van der Waals surface area contributed by atoms with Gasteiger partial charge in [0.1, 0.15) is 0 Å². The molecule has 3 saturated carbocycles. The van der Waals surface area contributed by atoms with Gasteiger partial charge in [0.2, 0.25) is 5.91 Å². The molecule has 3 aliphatic rings. The average Bonchev–Trinajstić information content (AvgIpc) is 2.99. The van der Waals surface area contributed by atoms with Crippen LogP contribution in [0.25, 0.3) is 0 Å². The van der Waals surface area contributed by atoms with Crippen molar-refractivity contribution in [3.63, 3.8) is 0 Å². The van der Waals surface area contributed by atoms with Crippen molar-refractivity contribution in [3.05, 3.63) is 0 Å². The van der Waals surface area contributed by atoms with E-state index in [9.17, 15) is 4.79 Å². The van der Waals surface area contributed by atoms with Crippen molar-refractivity contribution >= 4 is 18.3 Å². The van der Waals surface area contributed by atoms with E-state index in [-0.39, 0.29) is 30.3 Å². The summed E-state index contributed by atoms with van der Waals surface area (Å²) in [5.74, 6) is 3.07. The molecule has 21 heavy (non-hydrogen) atoms. The predicted molar refractivity (Wildman–Crippen MR) is 88.3 cm³/mol. The largest absolute Gasteiger partial charge is 0.353 e. The van der Waals surface area contributed by atoms with Gasteiger partial charge in [0.25, 0.3) is 0 Å². The first-order valence-electron chi connectivity index (χ1n) is 8.62. The maximum Gasteiger partial charge on any atom is 0.225 e.